The van der Waals surface area contributed by atoms with Crippen LogP contribution in [0.1, 0.15) is 45.7 Å². The quantitative estimate of drug-likeness (QED) is 0.224. The number of carbonyl (C=O) groups is 2. The molecule has 2 bridgehead atoms. The Labute approximate surface area is 247 Å². The number of hydrogen-bond acceptors (Lipinski definition) is 4. The highest BCUT2D eigenvalue weighted by molar-refractivity contribution is 6.29. The third kappa shape index (κ3) is 2.80. The van der Waals surface area contributed by atoms with E-state index in [0.29, 0.717) is 16.9 Å². The first-order chi connectivity index (χ1) is 21.1. The number of halogens is 1. The maximum absolute atomic E-state index is 15.5. The molecule has 0 N–H and O–H groups in total. The minimum Gasteiger partial charge on any atom is -0.273 e. The van der Waals surface area contributed by atoms with Gasteiger partial charge in [-0.1, -0.05) is 97.1 Å². The van der Waals surface area contributed by atoms with E-state index >= 15 is 9.59 Å². The molecule has 10 rings (SSSR count). The van der Waals surface area contributed by atoms with E-state index in [9.17, 15) is 4.39 Å². The first kappa shape index (κ1) is 24.5. The molecule has 43 heavy (non-hydrogen) atoms. The van der Waals surface area contributed by atoms with Crippen molar-refractivity contribution in [1.29, 1.82) is 0 Å². The predicted octanol–water partition coefficient (Wildman–Crippen LogP) is 6.91. The van der Waals surface area contributed by atoms with Gasteiger partial charge in [0.1, 0.15) is 17.3 Å². The summed E-state index contributed by atoms with van der Waals surface area (Å²) >= 11 is 0. The van der Waals surface area contributed by atoms with Gasteiger partial charge in [-0.15, -0.1) is 0 Å². The van der Waals surface area contributed by atoms with Gasteiger partial charge in [-0.25, -0.2) is 14.4 Å². The van der Waals surface area contributed by atoms with E-state index in [1.54, 1.807) is 29.3 Å². The molecule has 2 heterocycles. The van der Waals surface area contributed by atoms with Crippen LogP contribution in [0.15, 0.2) is 133 Å². The average molecular weight is 565 g/mol. The molecule has 5 aliphatic rings. The zero-order chi connectivity index (χ0) is 28.9. The lowest BCUT2D eigenvalue weighted by molar-refractivity contribution is -0.153. The van der Waals surface area contributed by atoms with E-state index in [1.165, 1.54) is 17.0 Å². The van der Waals surface area contributed by atoms with E-state index < -0.39 is 28.9 Å². The monoisotopic (exact) mass is 564 g/mol. The number of carbonyl (C=O) groups excluding carboxylic acids is 2. The summed E-state index contributed by atoms with van der Waals surface area (Å²) in [6.07, 6.45) is 0. The molecule has 5 nitrogen and oxygen atoms in total. The number of rotatable bonds is 3. The zero-order valence-electron chi connectivity index (χ0n) is 22.9. The van der Waals surface area contributed by atoms with Gasteiger partial charge in [-0.2, -0.15) is 0 Å². The Morgan fingerprint density at radius 2 is 1.05 bits per heavy atom. The van der Waals surface area contributed by atoms with Crippen molar-refractivity contribution < 1.29 is 18.8 Å². The maximum Gasteiger partial charge on any atom is 0.271 e. The lowest BCUT2D eigenvalue weighted by atomic mass is 9.43. The second kappa shape index (κ2) is 8.49. The summed E-state index contributed by atoms with van der Waals surface area (Å²) in [4.78, 5) is 39.3. The van der Waals surface area contributed by atoms with Gasteiger partial charge in [-0.05, 0) is 64.2 Å². The number of amides is 2. The highest BCUT2D eigenvalue weighted by Gasteiger charge is 2.87. The molecule has 0 radical (unpaired) electrons. The van der Waals surface area contributed by atoms with Gasteiger partial charge in [0.25, 0.3) is 5.91 Å². The molecule has 0 aromatic heterocycles. The van der Waals surface area contributed by atoms with Crippen molar-refractivity contribution in [2.45, 2.75) is 23.5 Å². The molecule has 5 aromatic carbocycles. The van der Waals surface area contributed by atoms with Gasteiger partial charge >= 0.3 is 0 Å². The van der Waals surface area contributed by atoms with Crippen LogP contribution >= 0.6 is 0 Å². The molecular formula is C37H25FN2O3. The number of para-hydroxylation sites is 2. The lowest BCUT2D eigenvalue weighted by Crippen LogP contribution is -2.63. The van der Waals surface area contributed by atoms with E-state index in [1.807, 2.05) is 72.8 Å². The molecular weight excluding hydrogens is 539 g/mol. The van der Waals surface area contributed by atoms with Crippen LogP contribution in [0, 0.1) is 11.2 Å². The minimum absolute atomic E-state index is 0.310. The standard InChI is InChI=1S/C37H25FN2O3/c38-24-21-19-23(20-22-24)33-36-31-27-15-7-9-17-29(27)32(30-18-10-8-16-28(30)31)37(36,43-40(33)26-13-5-2-6-14-26)35(42)39(34(36)41)25-11-3-1-4-12-25/h1-22,31-33H. The summed E-state index contributed by atoms with van der Waals surface area (Å²) in [6.45, 7) is 0. The topological polar surface area (TPSA) is 49.9 Å². The summed E-state index contributed by atoms with van der Waals surface area (Å²) in [5.74, 6) is -2.12. The van der Waals surface area contributed by atoms with Crippen molar-refractivity contribution in [1.82, 2.24) is 0 Å². The third-order valence-electron chi connectivity index (χ3n) is 9.91. The van der Waals surface area contributed by atoms with Gasteiger partial charge in [-0.3, -0.25) is 14.4 Å². The van der Waals surface area contributed by atoms with Gasteiger partial charge in [0, 0.05) is 5.92 Å². The highest BCUT2D eigenvalue weighted by atomic mass is 19.1. The Balaban J connectivity index is 1.44. The van der Waals surface area contributed by atoms with Gasteiger partial charge in [0.15, 0.2) is 0 Å². The number of benzene rings is 5. The molecule has 3 atom stereocenters. The number of hydrogen-bond donors (Lipinski definition) is 0. The molecule has 3 unspecified atom stereocenters. The Bertz CT molecular complexity index is 1900. The van der Waals surface area contributed by atoms with Crippen molar-refractivity contribution in [2.75, 3.05) is 9.96 Å². The van der Waals surface area contributed by atoms with Crippen LogP contribution in [0.3, 0.4) is 0 Å². The predicted molar refractivity (Wildman–Crippen MR) is 160 cm³/mol. The fourth-order valence-corrected chi connectivity index (χ4v) is 8.49. The average Bonchev–Trinajstić information content (AvgIpc) is 3.49. The molecule has 5 aromatic rings. The second-order valence-corrected chi connectivity index (χ2v) is 11.7. The van der Waals surface area contributed by atoms with Crippen LogP contribution in [0.2, 0.25) is 0 Å². The Kier molecular flexibility index (Phi) is 4.84. The SMILES string of the molecule is O=C1N(c2ccccc2)C(=O)C23C4c5ccccc5C(c5ccccc54)C12ON(c1ccccc1)C3c1ccc(F)cc1. The van der Waals surface area contributed by atoms with E-state index in [2.05, 4.69) is 24.3 Å². The molecule has 6 heteroatoms. The van der Waals surface area contributed by atoms with Crippen LogP contribution in [0.5, 0.6) is 0 Å². The molecule has 2 saturated heterocycles. The molecule has 2 fully saturated rings. The van der Waals surface area contributed by atoms with Gasteiger partial charge < -0.3 is 0 Å². The molecule has 2 aliphatic heterocycles. The second-order valence-electron chi connectivity index (χ2n) is 11.7. The van der Waals surface area contributed by atoms with Crippen LogP contribution in [0.4, 0.5) is 15.8 Å². The Hall–Kier alpha value is -5.07. The van der Waals surface area contributed by atoms with E-state index in [4.69, 9.17) is 4.84 Å². The Morgan fingerprint density at radius 1 is 0.558 bits per heavy atom. The maximum atomic E-state index is 15.5. The normalized spacial score (nSPS) is 28.0. The highest BCUT2D eigenvalue weighted by Crippen LogP contribution is 2.77. The van der Waals surface area contributed by atoms with Gasteiger partial charge in [0.05, 0.1) is 17.3 Å². The lowest BCUT2D eigenvalue weighted by Gasteiger charge is -2.55. The van der Waals surface area contributed by atoms with Crippen molar-refractivity contribution >= 4 is 23.2 Å². The van der Waals surface area contributed by atoms with Crippen LogP contribution in [-0.4, -0.2) is 17.4 Å². The third-order valence-corrected chi connectivity index (χ3v) is 9.91. The molecule has 0 saturated carbocycles. The van der Waals surface area contributed by atoms with Crippen LogP contribution in [0.25, 0.3) is 0 Å². The van der Waals surface area contributed by atoms with Crippen LogP contribution in [-0.2, 0) is 14.4 Å². The summed E-state index contributed by atoms with van der Waals surface area (Å²) in [5.41, 5.74) is 2.94. The molecule has 3 aliphatic carbocycles. The number of imide groups is 1. The summed E-state index contributed by atoms with van der Waals surface area (Å²) in [7, 11) is 0. The smallest absolute Gasteiger partial charge is 0.271 e. The fraction of sp³-hybridized carbons (Fsp3) is 0.135. The van der Waals surface area contributed by atoms with E-state index in [-0.39, 0.29) is 17.6 Å². The summed E-state index contributed by atoms with van der Waals surface area (Å²) in [5, 5.41) is 1.75. The summed E-state index contributed by atoms with van der Waals surface area (Å²) in [6, 6.07) is 40.4. The largest absolute Gasteiger partial charge is 0.273 e. The molecule has 208 valence electrons. The zero-order valence-corrected chi connectivity index (χ0v) is 22.9. The number of nitrogens with zero attached hydrogens (tertiary/aromatic N) is 2. The van der Waals surface area contributed by atoms with Gasteiger partial charge in [0.2, 0.25) is 11.5 Å². The van der Waals surface area contributed by atoms with Crippen molar-refractivity contribution in [3.8, 4) is 0 Å². The number of hydroxylamine groups is 1. The first-order valence-corrected chi connectivity index (χ1v) is 14.5. The fourth-order valence-electron chi connectivity index (χ4n) is 8.49. The molecule has 2 amide bonds. The Morgan fingerprint density at radius 3 is 1.60 bits per heavy atom. The van der Waals surface area contributed by atoms with E-state index in [0.717, 1.165) is 22.3 Å². The van der Waals surface area contributed by atoms with Crippen LogP contribution < -0.4 is 9.96 Å². The number of anilines is 2. The minimum atomic E-state index is -1.60. The van der Waals surface area contributed by atoms with Crippen molar-refractivity contribution in [3.05, 3.63) is 167 Å². The van der Waals surface area contributed by atoms with Crippen molar-refractivity contribution in [3.63, 3.8) is 0 Å². The first-order valence-electron chi connectivity index (χ1n) is 14.5. The summed E-state index contributed by atoms with van der Waals surface area (Å²) < 4.78 is 14.4. The molecule has 0 spiro atoms. The van der Waals surface area contributed by atoms with Crippen molar-refractivity contribution in [2.24, 2.45) is 5.41 Å².